The van der Waals surface area contributed by atoms with E-state index in [0.29, 0.717) is 0 Å². The van der Waals surface area contributed by atoms with E-state index in [9.17, 15) is 0 Å². The summed E-state index contributed by atoms with van der Waals surface area (Å²) < 4.78 is 10.9. The number of hydrogen-bond acceptors (Lipinski definition) is 4. The molecule has 1 aromatic carbocycles. The molecule has 112 valence electrons. The second-order valence-electron chi connectivity index (χ2n) is 5.96. The van der Waals surface area contributed by atoms with Gasteiger partial charge in [0.2, 0.25) is 0 Å². The highest BCUT2D eigenvalue weighted by Crippen LogP contribution is 2.17. The van der Waals surface area contributed by atoms with Gasteiger partial charge in [-0.1, -0.05) is 0 Å². The van der Waals surface area contributed by atoms with Crippen LogP contribution in [0.25, 0.3) is 0 Å². The minimum absolute atomic E-state index is 0.191. The summed E-state index contributed by atoms with van der Waals surface area (Å²) in [6, 6.07) is 7.75. The SMILES string of the molecule is COc1ccc(OCCN2CCCNC(C)(C)C2)cc1. The third kappa shape index (κ3) is 4.69. The van der Waals surface area contributed by atoms with E-state index in [-0.39, 0.29) is 5.54 Å². The molecule has 4 nitrogen and oxygen atoms in total. The van der Waals surface area contributed by atoms with E-state index in [2.05, 4.69) is 24.1 Å². The molecule has 20 heavy (non-hydrogen) atoms. The fourth-order valence-electron chi connectivity index (χ4n) is 2.58. The van der Waals surface area contributed by atoms with Crippen LogP contribution in [0.15, 0.2) is 24.3 Å². The van der Waals surface area contributed by atoms with Crippen LogP contribution in [0, 0.1) is 0 Å². The maximum atomic E-state index is 5.80. The van der Waals surface area contributed by atoms with Gasteiger partial charge >= 0.3 is 0 Å². The third-order valence-corrected chi connectivity index (χ3v) is 3.61. The normalized spacial score (nSPS) is 19.4. The van der Waals surface area contributed by atoms with Crippen molar-refractivity contribution in [2.24, 2.45) is 0 Å². The van der Waals surface area contributed by atoms with Crippen molar-refractivity contribution in [1.29, 1.82) is 0 Å². The number of methoxy groups -OCH3 is 1. The summed E-state index contributed by atoms with van der Waals surface area (Å²) in [5, 5.41) is 3.58. The van der Waals surface area contributed by atoms with Gasteiger partial charge < -0.3 is 14.8 Å². The largest absolute Gasteiger partial charge is 0.497 e. The highest BCUT2D eigenvalue weighted by Gasteiger charge is 2.23. The lowest BCUT2D eigenvalue weighted by atomic mass is 10.1. The summed E-state index contributed by atoms with van der Waals surface area (Å²) in [5.41, 5.74) is 0.191. The van der Waals surface area contributed by atoms with Crippen molar-refractivity contribution in [1.82, 2.24) is 10.2 Å². The van der Waals surface area contributed by atoms with Crippen LogP contribution in [0.1, 0.15) is 20.3 Å². The Balaban J connectivity index is 1.76. The van der Waals surface area contributed by atoms with Gasteiger partial charge in [0.1, 0.15) is 18.1 Å². The average Bonchev–Trinajstić information content (AvgIpc) is 2.60. The van der Waals surface area contributed by atoms with Crippen molar-refractivity contribution in [3.05, 3.63) is 24.3 Å². The van der Waals surface area contributed by atoms with Crippen molar-refractivity contribution >= 4 is 0 Å². The molecule has 0 atom stereocenters. The van der Waals surface area contributed by atoms with Crippen molar-refractivity contribution in [3.63, 3.8) is 0 Å². The van der Waals surface area contributed by atoms with Gasteiger partial charge in [-0.05, 0) is 57.6 Å². The molecule has 1 N–H and O–H groups in total. The first kappa shape index (κ1) is 15.1. The van der Waals surface area contributed by atoms with Gasteiger partial charge in [0.05, 0.1) is 7.11 Å². The summed E-state index contributed by atoms with van der Waals surface area (Å²) in [6.45, 7) is 9.52. The van der Waals surface area contributed by atoms with E-state index in [4.69, 9.17) is 9.47 Å². The lowest BCUT2D eigenvalue weighted by Crippen LogP contribution is -2.47. The predicted octanol–water partition coefficient (Wildman–Crippen LogP) is 2.15. The zero-order chi connectivity index (χ0) is 14.4. The molecule has 0 aliphatic carbocycles. The quantitative estimate of drug-likeness (QED) is 0.895. The van der Waals surface area contributed by atoms with Crippen LogP contribution in [0.3, 0.4) is 0 Å². The van der Waals surface area contributed by atoms with E-state index < -0.39 is 0 Å². The molecule has 0 spiro atoms. The second kappa shape index (κ2) is 6.95. The molecule has 1 heterocycles. The lowest BCUT2D eigenvalue weighted by Gasteiger charge is -2.29. The van der Waals surface area contributed by atoms with E-state index >= 15 is 0 Å². The van der Waals surface area contributed by atoms with Crippen LogP contribution in [0.2, 0.25) is 0 Å². The topological polar surface area (TPSA) is 33.7 Å². The Morgan fingerprint density at radius 2 is 1.90 bits per heavy atom. The summed E-state index contributed by atoms with van der Waals surface area (Å²) >= 11 is 0. The molecule has 0 unspecified atom stereocenters. The predicted molar refractivity (Wildman–Crippen MR) is 81.6 cm³/mol. The molecule has 1 aromatic rings. The molecule has 0 saturated carbocycles. The smallest absolute Gasteiger partial charge is 0.119 e. The Kier molecular flexibility index (Phi) is 5.26. The number of ether oxygens (including phenoxy) is 2. The van der Waals surface area contributed by atoms with Gasteiger partial charge in [-0.3, -0.25) is 4.90 Å². The fourth-order valence-corrected chi connectivity index (χ4v) is 2.58. The summed E-state index contributed by atoms with van der Waals surface area (Å²) in [7, 11) is 1.67. The maximum absolute atomic E-state index is 5.80. The standard InChI is InChI=1S/C16H26N2O2/c1-16(2)13-18(10-4-9-17-16)11-12-20-15-7-5-14(19-3)6-8-15/h5-8,17H,4,9-13H2,1-3H3. The van der Waals surface area contributed by atoms with Crippen molar-refractivity contribution in [3.8, 4) is 11.5 Å². The van der Waals surface area contributed by atoms with Gasteiger partial charge in [-0.2, -0.15) is 0 Å². The average molecular weight is 278 g/mol. The van der Waals surface area contributed by atoms with E-state index in [0.717, 1.165) is 44.3 Å². The molecule has 0 aromatic heterocycles. The highest BCUT2D eigenvalue weighted by molar-refractivity contribution is 5.31. The fraction of sp³-hybridized carbons (Fsp3) is 0.625. The summed E-state index contributed by atoms with van der Waals surface area (Å²) in [5.74, 6) is 1.76. The molecular weight excluding hydrogens is 252 g/mol. The lowest BCUT2D eigenvalue weighted by molar-refractivity contribution is 0.187. The second-order valence-corrected chi connectivity index (χ2v) is 5.96. The van der Waals surface area contributed by atoms with E-state index in [1.807, 2.05) is 24.3 Å². The molecule has 1 fully saturated rings. The Morgan fingerprint density at radius 3 is 2.60 bits per heavy atom. The van der Waals surface area contributed by atoms with Gasteiger partial charge in [0, 0.05) is 18.6 Å². The summed E-state index contributed by atoms with van der Waals surface area (Å²) in [4.78, 5) is 2.48. The monoisotopic (exact) mass is 278 g/mol. The van der Waals surface area contributed by atoms with Crippen LogP contribution >= 0.6 is 0 Å². The number of rotatable bonds is 5. The Morgan fingerprint density at radius 1 is 1.20 bits per heavy atom. The van der Waals surface area contributed by atoms with E-state index in [1.54, 1.807) is 7.11 Å². The molecule has 1 aliphatic rings. The molecule has 1 saturated heterocycles. The molecule has 0 radical (unpaired) electrons. The maximum Gasteiger partial charge on any atom is 0.119 e. The first-order valence-electron chi connectivity index (χ1n) is 7.33. The molecule has 0 bridgehead atoms. The third-order valence-electron chi connectivity index (χ3n) is 3.61. The van der Waals surface area contributed by atoms with Gasteiger partial charge in [-0.15, -0.1) is 0 Å². The Bertz CT molecular complexity index is 403. The number of benzene rings is 1. The van der Waals surface area contributed by atoms with E-state index in [1.165, 1.54) is 6.42 Å². The van der Waals surface area contributed by atoms with Crippen LogP contribution < -0.4 is 14.8 Å². The van der Waals surface area contributed by atoms with Crippen LogP contribution in [-0.4, -0.2) is 50.3 Å². The van der Waals surface area contributed by atoms with Gasteiger partial charge in [0.15, 0.2) is 0 Å². The molecule has 0 amide bonds. The Labute approximate surface area is 122 Å². The van der Waals surface area contributed by atoms with Gasteiger partial charge in [0.25, 0.3) is 0 Å². The number of hydrogen-bond donors (Lipinski definition) is 1. The number of nitrogens with one attached hydrogen (secondary N) is 1. The minimum Gasteiger partial charge on any atom is -0.497 e. The van der Waals surface area contributed by atoms with Crippen molar-refractivity contribution in [2.45, 2.75) is 25.8 Å². The molecule has 1 aliphatic heterocycles. The zero-order valence-corrected chi connectivity index (χ0v) is 12.8. The van der Waals surface area contributed by atoms with Gasteiger partial charge in [-0.25, -0.2) is 0 Å². The highest BCUT2D eigenvalue weighted by atomic mass is 16.5. The zero-order valence-electron chi connectivity index (χ0n) is 12.8. The summed E-state index contributed by atoms with van der Waals surface area (Å²) in [6.07, 6.45) is 1.20. The van der Waals surface area contributed by atoms with Crippen LogP contribution in [0.5, 0.6) is 11.5 Å². The first-order valence-corrected chi connectivity index (χ1v) is 7.33. The van der Waals surface area contributed by atoms with Crippen molar-refractivity contribution < 1.29 is 9.47 Å². The molecule has 2 rings (SSSR count). The number of nitrogens with zero attached hydrogens (tertiary/aromatic N) is 1. The van der Waals surface area contributed by atoms with Crippen LogP contribution in [-0.2, 0) is 0 Å². The van der Waals surface area contributed by atoms with Crippen molar-refractivity contribution in [2.75, 3.05) is 39.9 Å². The van der Waals surface area contributed by atoms with Crippen LogP contribution in [0.4, 0.5) is 0 Å². The minimum atomic E-state index is 0.191. The Hall–Kier alpha value is -1.26. The molecule has 4 heteroatoms. The molecular formula is C16H26N2O2. The first-order chi connectivity index (χ1) is 9.59.